The molecule has 2 nitrogen and oxygen atoms in total. The van der Waals surface area contributed by atoms with Gasteiger partial charge in [-0.05, 0) is 38.9 Å². The molecule has 89 valence electrons. The van der Waals surface area contributed by atoms with Crippen molar-refractivity contribution in [2.75, 3.05) is 20.6 Å². The molecular weight excluding hydrogens is 210 g/mol. The summed E-state index contributed by atoms with van der Waals surface area (Å²) in [5.74, 6) is 2.19. The smallest absolute Gasteiger partial charge is 0.0862 e. The van der Waals surface area contributed by atoms with Crippen molar-refractivity contribution >= 4 is 0 Å². The second-order valence-electron chi connectivity index (χ2n) is 4.56. The molecule has 1 aliphatic carbocycles. The van der Waals surface area contributed by atoms with Crippen LogP contribution in [0, 0.1) is 31.1 Å². The maximum absolute atomic E-state index is 10.4. The molecular formula is C15H18NO. The van der Waals surface area contributed by atoms with E-state index in [-0.39, 0.29) is 0 Å². The van der Waals surface area contributed by atoms with E-state index in [9.17, 15) is 5.11 Å². The molecule has 1 saturated carbocycles. The lowest BCUT2D eigenvalue weighted by Gasteiger charge is -2.26. The number of hydrogen-bond donors (Lipinski definition) is 1. The molecule has 17 heavy (non-hydrogen) atoms. The molecule has 0 aliphatic heterocycles. The molecule has 0 saturated heterocycles. The monoisotopic (exact) mass is 228 g/mol. The Kier molecular flexibility index (Phi) is 4.19. The minimum Gasteiger partial charge on any atom is -0.388 e. The Hall–Kier alpha value is -0.860. The van der Waals surface area contributed by atoms with Crippen LogP contribution in [0.3, 0.4) is 0 Å². The summed E-state index contributed by atoms with van der Waals surface area (Å²) in [6.07, 6.45) is 5.54. The van der Waals surface area contributed by atoms with Crippen molar-refractivity contribution in [3.8, 4) is 0 Å². The largest absolute Gasteiger partial charge is 0.388 e. The van der Waals surface area contributed by atoms with E-state index in [1.54, 1.807) is 0 Å². The molecule has 0 amide bonds. The summed E-state index contributed by atoms with van der Waals surface area (Å²) in [5, 5.41) is 10.4. The van der Waals surface area contributed by atoms with Crippen LogP contribution < -0.4 is 0 Å². The highest BCUT2D eigenvalue weighted by Crippen LogP contribution is 2.41. The number of aliphatic hydroxyl groups excluding tert-OH is 1. The summed E-state index contributed by atoms with van der Waals surface area (Å²) in [6, 6.07) is 9.77. The first-order valence-corrected chi connectivity index (χ1v) is 5.80. The predicted octanol–water partition coefficient (Wildman–Crippen LogP) is 2.06. The van der Waals surface area contributed by atoms with Crippen molar-refractivity contribution in [1.29, 1.82) is 0 Å². The number of benzene rings is 1. The quantitative estimate of drug-likeness (QED) is 0.852. The molecule has 0 unspecified atom stereocenters. The fourth-order valence-corrected chi connectivity index (χ4v) is 2.04. The molecule has 1 aliphatic rings. The minimum atomic E-state index is -0.527. The standard InChI is InChI=1S/C15H18NO/c1-16(2)11-13-9-6-10-14(13)15(17)12-7-4-3-5-8-12/h3-10,15,17H,11H2,1-2H3/t15-/m0/s1. The van der Waals surface area contributed by atoms with Crippen LogP contribution in [-0.2, 0) is 0 Å². The Morgan fingerprint density at radius 1 is 1.12 bits per heavy atom. The Labute approximate surface area is 104 Å². The van der Waals surface area contributed by atoms with Crippen LogP contribution in [-0.4, -0.2) is 30.6 Å². The molecule has 2 rings (SSSR count). The van der Waals surface area contributed by atoms with E-state index in [4.69, 9.17) is 0 Å². The van der Waals surface area contributed by atoms with Crippen molar-refractivity contribution < 1.29 is 5.11 Å². The third kappa shape index (κ3) is 3.08. The van der Waals surface area contributed by atoms with Gasteiger partial charge in [0, 0.05) is 18.4 Å². The number of aliphatic hydroxyl groups is 1. The average Bonchev–Trinajstić information content (AvgIpc) is 2.76. The normalized spacial score (nSPS) is 20.0. The zero-order chi connectivity index (χ0) is 12.3. The van der Waals surface area contributed by atoms with Crippen LogP contribution in [0.1, 0.15) is 11.7 Å². The Bertz CT molecular complexity index is 336. The minimum absolute atomic E-state index is 0.527. The van der Waals surface area contributed by atoms with Gasteiger partial charge >= 0.3 is 0 Å². The van der Waals surface area contributed by atoms with Crippen LogP contribution in [0.5, 0.6) is 0 Å². The van der Waals surface area contributed by atoms with Gasteiger partial charge in [-0.1, -0.05) is 30.3 Å². The van der Waals surface area contributed by atoms with Crippen molar-refractivity contribution in [3.05, 3.63) is 67.0 Å². The molecule has 2 heteroatoms. The summed E-state index contributed by atoms with van der Waals surface area (Å²) in [4.78, 5) is 2.11. The zero-order valence-corrected chi connectivity index (χ0v) is 10.3. The SMILES string of the molecule is CN(C)C[C]1[CH][CH][CH][C]1[C@@H](O)c1ccccc1. The van der Waals surface area contributed by atoms with Crippen molar-refractivity contribution in [1.82, 2.24) is 4.90 Å². The number of rotatable bonds is 4. The van der Waals surface area contributed by atoms with Gasteiger partial charge in [-0.15, -0.1) is 0 Å². The van der Waals surface area contributed by atoms with E-state index < -0.39 is 6.10 Å². The molecule has 1 aromatic rings. The molecule has 0 heterocycles. The van der Waals surface area contributed by atoms with Gasteiger partial charge in [-0.25, -0.2) is 0 Å². The van der Waals surface area contributed by atoms with Crippen molar-refractivity contribution in [2.24, 2.45) is 0 Å². The summed E-state index contributed by atoms with van der Waals surface area (Å²) >= 11 is 0. The van der Waals surface area contributed by atoms with Gasteiger partial charge in [0.15, 0.2) is 0 Å². The van der Waals surface area contributed by atoms with Crippen LogP contribution in [0.2, 0.25) is 0 Å². The van der Waals surface area contributed by atoms with Gasteiger partial charge in [0.1, 0.15) is 0 Å². The predicted molar refractivity (Wildman–Crippen MR) is 69.3 cm³/mol. The number of nitrogens with zero attached hydrogens (tertiary/aromatic N) is 1. The van der Waals surface area contributed by atoms with E-state index in [1.165, 1.54) is 5.92 Å². The molecule has 1 atom stereocenters. The Morgan fingerprint density at radius 2 is 1.82 bits per heavy atom. The summed E-state index contributed by atoms with van der Waals surface area (Å²) in [7, 11) is 4.07. The maximum atomic E-state index is 10.4. The Morgan fingerprint density at radius 3 is 2.47 bits per heavy atom. The lowest BCUT2D eigenvalue weighted by atomic mass is 9.87. The van der Waals surface area contributed by atoms with Gasteiger partial charge in [-0.3, -0.25) is 0 Å². The van der Waals surface area contributed by atoms with Crippen LogP contribution >= 0.6 is 0 Å². The third-order valence-corrected chi connectivity index (χ3v) is 2.84. The lowest BCUT2D eigenvalue weighted by molar-refractivity contribution is 0.194. The van der Waals surface area contributed by atoms with E-state index in [0.29, 0.717) is 0 Å². The van der Waals surface area contributed by atoms with Gasteiger partial charge in [0.05, 0.1) is 6.10 Å². The first-order valence-electron chi connectivity index (χ1n) is 5.80. The van der Waals surface area contributed by atoms with Gasteiger partial charge in [0.2, 0.25) is 0 Å². The Balaban J connectivity index is 2.05. The summed E-state index contributed by atoms with van der Waals surface area (Å²) in [6.45, 7) is 0.853. The van der Waals surface area contributed by atoms with E-state index >= 15 is 0 Å². The van der Waals surface area contributed by atoms with Gasteiger partial charge < -0.3 is 10.0 Å². The molecule has 1 fully saturated rings. The van der Waals surface area contributed by atoms with E-state index in [0.717, 1.165) is 18.0 Å². The van der Waals surface area contributed by atoms with Gasteiger partial charge in [0.25, 0.3) is 0 Å². The summed E-state index contributed by atoms with van der Waals surface area (Å²) in [5.41, 5.74) is 0.943. The van der Waals surface area contributed by atoms with Crippen LogP contribution in [0.4, 0.5) is 0 Å². The fraction of sp³-hybridized carbons (Fsp3) is 0.267. The third-order valence-electron chi connectivity index (χ3n) is 2.84. The van der Waals surface area contributed by atoms with Crippen LogP contribution in [0.25, 0.3) is 0 Å². The highest BCUT2D eigenvalue weighted by Gasteiger charge is 2.35. The fourth-order valence-electron chi connectivity index (χ4n) is 2.04. The second-order valence-corrected chi connectivity index (χ2v) is 4.56. The topological polar surface area (TPSA) is 23.5 Å². The molecule has 1 aromatic carbocycles. The maximum Gasteiger partial charge on any atom is 0.0862 e. The van der Waals surface area contributed by atoms with Crippen molar-refractivity contribution in [2.45, 2.75) is 6.10 Å². The molecule has 5 radical (unpaired) electrons. The van der Waals surface area contributed by atoms with Crippen LogP contribution in [0.15, 0.2) is 30.3 Å². The molecule has 0 aromatic heterocycles. The highest BCUT2D eigenvalue weighted by atomic mass is 16.3. The zero-order valence-electron chi connectivity index (χ0n) is 10.3. The highest BCUT2D eigenvalue weighted by molar-refractivity contribution is 5.48. The second kappa shape index (κ2) is 5.65. The molecule has 0 spiro atoms. The summed E-state index contributed by atoms with van der Waals surface area (Å²) < 4.78 is 0. The number of hydrogen-bond acceptors (Lipinski definition) is 2. The first kappa shape index (κ1) is 12.6. The van der Waals surface area contributed by atoms with Crippen molar-refractivity contribution in [3.63, 3.8) is 0 Å². The van der Waals surface area contributed by atoms with E-state index in [2.05, 4.69) is 11.3 Å². The first-order chi connectivity index (χ1) is 8.18. The van der Waals surface area contributed by atoms with E-state index in [1.807, 2.05) is 57.3 Å². The molecule has 1 N–H and O–H groups in total. The molecule has 0 bridgehead atoms. The average molecular weight is 228 g/mol. The lowest BCUT2D eigenvalue weighted by Crippen LogP contribution is -2.25. The van der Waals surface area contributed by atoms with Gasteiger partial charge in [-0.2, -0.15) is 0 Å².